The SMILES string of the molecule is NC(=O)c1cccc(N)c1Nc1cc(F)c(F)c(F)c1. The van der Waals surface area contributed by atoms with E-state index in [1.165, 1.54) is 18.2 Å². The number of primary amides is 1. The highest BCUT2D eigenvalue weighted by molar-refractivity contribution is 6.02. The largest absolute Gasteiger partial charge is 0.397 e. The Morgan fingerprint density at radius 1 is 1.10 bits per heavy atom. The first-order valence-corrected chi connectivity index (χ1v) is 5.50. The molecule has 0 unspecified atom stereocenters. The fraction of sp³-hybridized carbons (Fsp3) is 0. The average Bonchev–Trinajstić information content (AvgIpc) is 2.38. The van der Waals surface area contributed by atoms with E-state index in [0.29, 0.717) is 0 Å². The van der Waals surface area contributed by atoms with Crippen LogP contribution in [0.1, 0.15) is 10.4 Å². The van der Waals surface area contributed by atoms with Gasteiger partial charge in [-0.15, -0.1) is 0 Å². The van der Waals surface area contributed by atoms with E-state index >= 15 is 0 Å². The van der Waals surface area contributed by atoms with Crippen molar-refractivity contribution in [1.82, 2.24) is 0 Å². The van der Waals surface area contributed by atoms with Crippen molar-refractivity contribution in [3.8, 4) is 0 Å². The first-order valence-electron chi connectivity index (χ1n) is 5.50. The highest BCUT2D eigenvalue weighted by Crippen LogP contribution is 2.28. The van der Waals surface area contributed by atoms with Gasteiger partial charge in [-0.2, -0.15) is 0 Å². The summed E-state index contributed by atoms with van der Waals surface area (Å²) >= 11 is 0. The third-order valence-electron chi connectivity index (χ3n) is 2.62. The molecule has 0 bridgehead atoms. The maximum Gasteiger partial charge on any atom is 0.250 e. The van der Waals surface area contributed by atoms with Crippen molar-refractivity contribution in [3.63, 3.8) is 0 Å². The Morgan fingerprint density at radius 2 is 1.70 bits per heavy atom. The van der Waals surface area contributed by atoms with E-state index in [9.17, 15) is 18.0 Å². The van der Waals surface area contributed by atoms with Crippen LogP contribution in [0.2, 0.25) is 0 Å². The second-order valence-corrected chi connectivity index (χ2v) is 4.01. The van der Waals surface area contributed by atoms with Crippen LogP contribution in [0.5, 0.6) is 0 Å². The quantitative estimate of drug-likeness (QED) is 0.597. The van der Waals surface area contributed by atoms with Crippen LogP contribution in [0.25, 0.3) is 0 Å². The van der Waals surface area contributed by atoms with E-state index in [0.717, 1.165) is 12.1 Å². The van der Waals surface area contributed by atoms with Crippen molar-refractivity contribution in [2.45, 2.75) is 0 Å². The summed E-state index contributed by atoms with van der Waals surface area (Å²) < 4.78 is 39.1. The van der Waals surface area contributed by atoms with Crippen LogP contribution in [0, 0.1) is 17.5 Å². The molecule has 0 atom stereocenters. The maximum absolute atomic E-state index is 13.1. The number of para-hydroxylation sites is 1. The van der Waals surface area contributed by atoms with Crippen LogP contribution < -0.4 is 16.8 Å². The van der Waals surface area contributed by atoms with Crippen LogP contribution in [-0.2, 0) is 0 Å². The number of hydrogen-bond donors (Lipinski definition) is 3. The highest BCUT2D eigenvalue weighted by Gasteiger charge is 2.14. The zero-order chi connectivity index (χ0) is 14.9. The molecule has 0 radical (unpaired) electrons. The first kappa shape index (κ1) is 13.7. The second kappa shape index (κ2) is 5.12. The van der Waals surface area contributed by atoms with Crippen molar-refractivity contribution in [1.29, 1.82) is 0 Å². The molecule has 0 saturated heterocycles. The third kappa shape index (κ3) is 2.51. The number of nitrogens with one attached hydrogen (secondary N) is 1. The van der Waals surface area contributed by atoms with Crippen LogP contribution in [0.15, 0.2) is 30.3 Å². The molecule has 0 saturated carbocycles. The molecule has 0 heterocycles. The van der Waals surface area contributed by atoms with Crippen LogP contribution in [0.4, 0.5) is 30.2 Å². The Bertz CT molecular complexity index is 666. The fourth-order valence-corrected chi connectivity index (χ4v) is 1.69. The average molecular weight is 281 g/mol. The Morgan fingerprint density at radius 3 is 2.25 bits per heavy atom. The monoisotopic (exact) mass is 281 g/mol. The number of halogens is 3. The van der Waals surface area contributed by atoms with Crippen molar-refractivity contribution in [3.05, 3.63) is 53.3 Å². The second-order valence-electron chi connectivity index (χ2n) is 4.01. The van der Waals surface area contributed by atoms with Crippen molar-refractivity contribution in [2.75, 3.05) is 11.1 Å². The summed E-state index contributed by atoms with van der Waals surface area (Å²) in [5, 5.41) is 2.56. The molecule has 0 aromatic heterocycles. The topological polar surface area (TPSA) is 81.1 Å². The molecule has 0 fully saturated rings. The Labute approximate surface area is 112 Å². The molecule has 1 amide bonds. The number of nitrogens with two attached hydrogens (primary N) is 2. The molecule has 5 N–H and O–H groups in total. The number of benzene rings is 2. The summed E-state index contributed by atoms with van der Waals surface area (Å²) in [6.45, 7) is 0. The summed E-state index contributed by atoms with van der Waals surface area (Å²) in [7, 11) is 0. The normalized spacial score (nSPS) is 10.3. The summed E-state index contributed by atoms with van der Waals surface area (Å²) in [5.74, 6) is -5.06. The Kier molecular flexibility index (Phi) is 3.51. The standard InChI is InChI=1S/C13H10F3N3O/c14-8-4-6(5-9(15)11(8)16)19-12-7(13(18)20)2-1-3-10(12)17/h1-5,19H,17H2,(H2,18,20). The van der Waals surface area contributed by atoms with Gasteiger partial charge in [-0.3, -0.25) is 4.79 Å². The molecular weight excluding hydrogens is 271 g/mol. The van der Waals surface area contributed by atoms with Crippen molar-refractivity contribution in [2.24, 2.45) is 5.73 Å². The van der Waals surface area contributed by atoms with Gasteiger partial charge in [0.2, 0.25) is 0 Å². The molecule has 104 valence electrons. The third-order valence-corrected chi connectivity index (χ3v) is 2.62. The number of amides is 1. The van der Waals surface area contributed by atoms with Gasteiger partial charge < -0.3 is 16.8 Å². The predicted octanol–water partition coefficient (Wildman–Crippen LogP) is 2.53. The molecule has 2 rings (SSSR count). The van der Waals surface area contributed by atoms with Crippen LogP contribution in [-0.4, -0.2) is 5.91 Å². The number of rotatable bonds is 3. The number of carbonyl (C=O) groups excluding carboxylic acids is 1. The van der Waals surface area contributed by atoms with Gasteiger partial charge in [0, 0.05) is 17.8 Å². The number of hydrogen-bond acceptors (Lipinski definition) is 3. The summed E-state index contributed by atoms with van der Waals surface area (Å²) in [6, 6.07) is 5.87. The lowest BCUT2D eigenvalue weighted by Gasteiger charge is -2.13. The zero-order valence-electron chi connectivity index (χ0n) is 10.1. The molecule has 7 heteroatoms. The van der Waals surface area contributed by atoms with Crippen molar-refractivity contribution >= 4 is 23.0 Å². The summed E-state index contributed by atoms with van der Waals surface area (Å²) in [4.78, 5) is 11.3. The molecular formula is C13H10F3N3O. The molecule has 4 nitrogen and oxygen atoms in total. The molecule has 2 aromatic carbocycles. The maximum atomic E-state index is 13.1. The van der Waals surface area contributed by atoms with Gasteiger partial charge in [0.1, 0.15) is 0 Å². The number of anilines is 3. The molecule has 0 aliphatic heterocycles. The van der Waals surface area contributed by atoms with Gasteiger partial charge >= 0.3 is 0 Å². The van der Waals surface area contributed by atoms with Crippen LogP contribution in [0.3, 0.4) is 0 Å². The first-order chi connectivity index (χ1) is 9.40. The molecule has 20 heavy (non-hydrogen) atoms. The van der Waals surface area contributed by atoms with Gasteiger partial charge in [0.05, 0.1) is 16.9 Å². The van der Waals surface area contributed by atoms with Gasteiger partial charge in [0.25, 0.3) is 5.91 Å². The smallest absolute Gasteiger partial charge is 0.250 e. The lowest BCUT2D eigenvalue weighted by molar-refractivity contribution is 0.100. The minimum absolute atomic E-state index is 0.0511. The Balaban J connectivity index is 2.47. The van der Waals surface area contributed by atoms with Gasteiger partial charge in [-0.25, -0.2) is 13.2 Å². The molecule has 0 aliphatic carbocycles. The van der Waals surface area contributed by atoms with E-state index in [1.54, 1.807) is 0 Å². The Hall–Kier alpha value is -2.70. The van der Waals surface area contributed by atoms with E-state index in [-0.39, 0.29) is 22.6 Å². The van der Waals surface area contributed by atoms with E-state index < -0.39 is 23.4 Å². The zero-order valence-corrected chi connectivity index (χ0v) is 10.1. The van der Waals surface area contributed by atoms with Crippen LogP contribution >= 0.6 is 0 Å². The molecule has 0 aliphatic rings. The summed E-state index contributed by atoms with van der Waals surface area (Å²) in [5.41, 5.74) is 11.1. The minimum Gasteiger partial charge on any atom is -0.397 e. The van der Waals surface area contributed by atoms with E-state index in [4.69, 9.17) is 11.5 Å². The van der Waals surface area contributed by atoms with Gasteiger partial charge in [0.15, 0.2) is 17.5 Å². The minimum atomic E-state index is -1.58. The predicted molar refractivity (Wildman–Crippen MR) is 69.0 cm³/mol. The van der Waals surface area contributed by atoms with Gasteiger partial charge in [-0.05, 0) is 12.1 Å². The lowest BCUT2D eigenvalue weighted by Crippen LogP contribution is -2.14. The van der Waals surface area contributed by atoms with E-state index in [1.807, 2.05) is 0 Å². The fourth-order valence-electron chi connectivity index (χ4n) is 1.69. The highest BCUT2D eigenvalue weighted by atomic mass is 19.2. The molecule has 2 aromatic rings. The molecule has 0 spiro atoms. The number of carbonyl (C=O) groups is 1. The van der Waals surface area contributed by atoms with E-state index in [2.05, 4.69) is 5.32 Å². The number of nitrogen functional groups attached to an aromatic ring is 1. The van der Waals surface area contributed by atoms with Gasteiger partial charge in [-0.1, -0.05) is 6.07 Å². The summed E-state index contributed by atoms with van der Waals surface area (Å²) in [6.07, 6.45) is 0. The lowest BCUT2D eigenvalue weighted by atomic mass is 10.1. The van der Waals surface area contributed by atoms with Crippen molar-refractivity contribution < 1.29 is 18.0 Å².